The van der Waals surface area contributed by atoms with Crippen LogP contribution < -0.4 is 5.32 Å². The summed E-state index contributed by atoms with van der Waals surface area (Å²) in [4.78, 5) is 21.2. The predicted molar refractivity (Wildman–Crippen MR) is 39.6 cm³/mol. The third kappa shape index (κ3) is 4.13. The minimum absolute atomic E-state index is 0.379. The third-order valence-corrected chi connectivity index (χ3v) is 0.956. The smallest absolute Gasteiger partial charge is 0.303 e. The molecule has 62 valence electrons. The van der Waals surface area contributed by atoms with Gasteiger partial charge in [-0.1, -0.05) is 6.58 Å². The van der Waals surface area contributed by atoms with Crippen molar-refractivity contribution >= 4 is 11.9 Å². The molecule has 0 saturated carbocycles. The second kappa shape index (κ2) is 4.49. The molecule has 1 amide bonds. The van der Waals surface area contributed by atoms with Gasteiger partial charge in [-0.25, -0.2) is 0 Å². The lowest BCUT2D eigenvalue weighted by atomic mass is 10.4. The Labute approximate surface area is 65.2 Å². The van der Waals surface area contributed by atoms with E-state index in [-0.39, 0.29) is 5.91 Å². The number of nitrogens with one attached hydrogen (secondary N) is 1. The van der Waals surface area contributed by atoms with Gasteiger partial charge >= 0.3 is 5.97 Å². The minimum atomic E-state index is -0.759. The Hall–Kier alpha value is -1.32. The molecule has 4 heteroatoms. The lowest BCUT2D eigenvalue weighted by Gasteiger charge is -2.08. The first kappa shape index (κ1) is 9.68. The van der Waals surface area contributed by atoms with Gasteiger partial charge in [0.25, 0.3) is 5.91 Å². The van der Waals surface area contributed by atoms with Crippen LogP contribution in [-0.4, -0.2) is 18.0 Å². The van der Waals surface area contributed by atoms with Crippen molar-refractivity contribution in [1.82, 2.24) is 5.32 Å². The standard InChI is InChI=1S/C7H11NO3/c1-4-8-7(10)5(2)11-6(3)9/h4-5H,1H2,2-3H3,(H,8,10). The van der Waals surface area contributed by atoms with Crippen molar-refractivity contribution in [3.05, 3.63) is 12.8 Å². The van der Waals surface area contributed by atoms with Crippen LogP contribution in [0.1, 0.15) is 13.8 Å². The predicted octanol–water partition coefficient (Wildman–Crippen LogP) is 0.198. The number of carbonyl (C=O) groups is 2. The maximum absolute atomic E-state index is 10.8. The number of hydrogen-bond donors (Lipinski definition) is 1. The van der Waals surface area contributed by atoms with E-state index in [1.165, 1.54) is 20.0 Å². The van der Waals surface area contributed by atoms with Gasteiger partial charge in [-0.3, -0.25) is 9.59 Å². The van der Waals surface area contributed by atoms with E-state index in [1.807, 2.05) is 0 Å². The van der Waals surface area contributed by atoms with Crippen molar-refractivity contribution in [2.75, 3.05) is 0 Å². The Balaban J connectivity index is 3.81. The number of esters is 1. The van der Waals surface area contributed by atoms with Crippen molar-refractivity contribution in [3.8, 4) is 0 Å². The molecule has 0 aliphatic carbocycles. The molecule has 0 aliphatic rings. The van der Waals surface area contributed by atoms with Crippen LogP contribution in [0.25, 0.3) is 0 Å². The average molecular weight is 157 g/mol. The third-order valence-electron chi connectivity index (χ3n) is 0.956. The van der Waals surface area contributed by atoms with Gasteiger partial charge in [0, 0.05) is 6.92 Å². The van der Waals surface area contributed by atoms with Gasteiger partial charge in [0.05, 0.1) is 0 Å². The van der Waals surface area contributed by atoms with Crippen LogP contribution in [0.4, 0.5) is 0 Å². The maximum atomic E-state index is 10.8. The van der Waals surface area contributed by atoms with Gasteiger partial charge in [0.15, 0.2) is 6.10 Å². The van der Waals surface area contributed by atoms with E-state index in [0.717, 1.165) is 0 Å². The van der Waals surface area contributed by atoms with Crippen molar-refractivity contribution < 1.29 is 14.3 Å². The van der Waals surface area contributed by atoms with E-state index >= 15 is 0 Å². The lowest BCUT2D eigenvalue weighted by molar-refractivity contribution is -0.152. The molecule has 0 aromatic carbocycles. The second-order valence-electron chi connectivity index (χ2n) is 1.96. The van der Waals surface area contributed by atoms with Gasteiger partial charge in [-0.05, 0) is 13.1 Å². The molecular formula is C7H11NO3. The summed E-state index contributed by atoms with van der Waals surface area (Å²) in [6.45, 7) is 6.02. The Kier molecular flexibility index (Phi) is 3.95. The monoisotopic (exact) mass is 157 g/mol. The van der Waals surface area contributed by atoms with Crippen LogP contribution in [0.2, 0.25) is 0 Å². The van der Waals surface area contributed by atoms with Crippen LogP contribution in [0.15, 0.2) is 12.8 Å². The lowest BCUT2D eigenvalue weighted by Crippen LogP contribution is -2.32. The van der Waals surface area contributed by atoms with E-state index in [9.17, 15) is 9.59 Å². The molecule has 0 aromatic heterocycles. The van der Waals surface area contributed by atoms with Gasteiger partial charge in [-0.2, -0.15) is 0 Å². The van der Waals surface area contributed by atoms with Crippen LogP contribution in [-0.2, 0) is 14.3 Å². The van der Waals surface area contributed by atoms with Gasteiger partial charge in [-0.15, -0.1) is 0 Å². The summed E-state index contributed by atoms with van der Waals surface area (Å²) in [6.07, 6.45) is 0.480. The highest BCUT2D eigenvalue weighted by molar-refractivity contribution is 5.83. The topological polar surface area (TPSA) is 55.4 Å². The molecule has 0 aliphatic heterocycles. The van der Waals surface area contributed by atoms with Gasteiger partial charge in [0.1, 0.15) is 0 Å². The first-order valence-electron chi connectivity index (χ1n) is 3.16. The van der Waals surface area contributed by atoms with Crippen LogP contribution in [0.3, 0.4) is 0 Å². The molecule has 1 atom stereocenters. The van der Waals surface area contributed by atoms with Crippen molar-refractivity contribution in [2.45, 2.75) is 20.0 Å². The Bertz CT molecular complexity index is 177. The molecule has 0 saturated heterocycles. The van der Waals surface area contributed by atoms with Gasteiger partial charge < -0.3 is 10.1 Å². The SMILES string of the molecule is C=CNC(=O)C(C)OC(C)=O. The summed E-state index contributed by atoms with van der Waals surface area (Å²) >= 11 is 0. The minimum Gasteiger partial charge on any atom is -0.453 e. The first-order valence-corrected chi connectivity index (χ1v) is 3.16. The fraction of sp³-hybridized carbons (Fsp3) is 0.429. The molecule has 0 radical (unpaired) electrons. The number of ether oxygens (including phenoxy) is 1. The summed E-state index contributed by atoms with van der Waals surface area (Å²) in [6, 6.07) is 0. The summed E-state index contributed by atoms with van der Waals surface area (Å²) in [5.41, 5.74) is 0. The molecule has 0 spiro atoms. The van der Waals surface area contributed by atoms with Crippen LogP contribution >= 0.6 is 0 Å². The highest BCUT2D eigenvalue weighted by Gasteiger charge is 2.13. The number of carbonyl (C=O) groups excluding carboxylic acids is 2. The number of amides is 1. The largest absolute Gasteiger partial charge is 0.453 e. The molecule has 0 rings (SSSR count). The molecular weight excluding hydrogens is 146 g/mol. The van der Waals surface area contributed by atoms with E-state index in [4.69, 9.17) is 0 Å². The summed E-state index contributed by atoms with van der Waals surface area (Å²) < 4.78 is 4.57. The zero-order valence-corrected chi connectivity index (χ0v) is 6.59. The van der Waals surface area contributed by atoms with E-state index in [2.05, 4.69) is 16.6 Å². The molecule has 0 bridgehead atoms. The Morgan fingerprint density at radius 2 is 2.18 bits per heavy atom. The Morgan fingerprint density at radius 1 is 1.64 bits per heavy atom. The van der Waals surface area contributed by atoms with Gasteiger partial charge in [0.2, 0.25) is 0 Å². The highest BCUT2D eigenvalue weighted by atomic mass is 16.5. The zero-order chi connectivity index (χ0) is 8.85. The highest BCUT2D eigenvalue weighted by Crippen LogP contribution is 1.90. The summed E-state index contributed by atoms with van der Waals surface area (Å²) in [7, 11) is 0. The number of hydrogen-bond acceptors (Lipinski definition) is 3. The average Bonchev–Trinajstić information content (AvgIpc) is 1.86. The maximum Gasteiger partial charge on any atom is 0.303 e. The molecule has 1 unspecified atom stereocenters. The van der Waals surface area contributed by atoms with E-state index in [1.54, 1.807) is 0 Å². The summed E-state index contributed by atoms with van der Waals surface area (Å²) in [5, 5.41) is 2.30. The quantitative estimate of drug-likeness (QED) is 0.595. The summed E-state index contributed by atoms with van der Waals surface area (Å²) in [5.74, 6) is -0.855. The van der Waals surface area contributed by atoms with Crippen LogP contribution in [0.5, 0.6) is 0 Å². The molecule has 4 nitrogen and oxygen atoms in total. The Morgan fingerprint density at radius 3 is 2.55 bits per heavy atom. The normalized spacial score (nSPS) is 11.5. The zero-order valence-electron chi connectivity index (χ0n) is 6.59. The van der Waals surface area contributed by atoms with Crippen LogP contribution in [0, 0.1) is 0 Å². The number of rotatable bonds is 3. The molecule has 1 N–H and O–H groups in total. The van der Waals surface area contributed by atoms with Crippen molar-refractivity contribution in [3.63, 3.8) is 0 Å². The second-order valence-corrected chi connectivity index (χ2v) is 1.96. The molecule has 0 heterocycles. The van der Waals surface area contributed by atoms with E-state index in [0.29, 0.717) is 0 Å². The van der Waals surface area contributed by atoms with Crippen molar-refractivity contribution in [1.29, 1.82) is 0 Å². The molecule has 0 fully saturated rings. The molecule has 0 aromatic rings. The fourth-order valence-corrected chi connectivity index (χ4v) is 0.520. The van der Waals surface area contributed by atoms with Crippen molar-refractivity contribution in [2.24, 2.45) is 0 Å². The van der Waals surface area contributed by atoms with E-state index < -0.39 is 12.1 Å². The first-order chi connectivity index (χ1) is 5.07. The fourth-order valence-electron chi connectivity index (χ4n) is 0.520. The molecule has 11 heavy (non-hydrogen) atoms.